The molecule has 0 spiro atoms. The van der Waals surface area contributed by atoms with E-state index in [-0.39, 0.29) is 6.04 Å². The zero-order valence-corrected chi connectivity index (χ0v) is 14.6. The van der Waals surface area contributed by atoms with E-state index in [1.807, 2.05) is 31.2 Å². The summed E-state index contributed by atoms with van der Waals surface area (Å²) in [6.07, 6.45) is 2.02. The van der Waals surface area contributed by atoms with Crippen LogP contribution >= 0.6 is 0 Å². The summed E-state index contributed by atoms with van der Waals surface area (Å²) >= 11 is 0. The monoisotopic (exact) mass is 326 g/mol. The first-order chi connectivity index (χ1) is 10.4. The van der Waals surface area contributed by atoms with Crippen molar-refractivity contribution in [1.82, 2.24) is 8.61 Å². The van der Waals surface area contributed by atoms with Crippen LogP contribution in [0.1, 0.15) is 38.3 Å². The fraction of sp³-hybridized carbons (Fsp3) is 0.625. The number of hydrogen-bond acceptors (Lipinski definition) is 3. The number of nitrogens with zero attached hydrogens (tertiary/aromatic N) is 2. The van der Waals surface area contributed by atoms with Gasteiger partial charge in [-0.15, -0.1) is 0 Å². The third-order valence-electron chi connectivity index (χ3n) is 4.44. The second-order valence-electron chi connectivity index (χ2n) is 6.05. The Morgan fingerprint density at radius 3 is 2.68 bits per heavy atom. The molecule has 0 N–H and O–H groups in total. The van der Waals surface area contributed by atoms with E-state index in [2.05, 4.69) is 6.92 Å². The van der Waals surface area contributed by atoms with E-state index < -0.39 is 10.2 Å². The van der Waals surface area contributed by atoms with Crippen LogP contribution in [0.25, 0.3) is 0 Å². The summed E-state index contributed by atoms with van der Waals surface area (Å²) < 4.78 is 34.1. The molecule has 0 bridgehead atoms. The highest BCUT2D eigenvalue weighted by atomic mass is 32.2. The summed E-state index contributed by atoms with van der Waals surface area (Å²) in [5, 5.41) is 0. The highest BCUT2D eigenvalue weighted by Crippen LogP contribution is 2.31. The van der Waals surface area contributed by atoms with Gasteiger partial charge in [-0.1, -0.05) is 25.1 Å². The third-order valence-corrected chi connectivity index (χ3v) is 6.47. The van der Waals surface area contributed by atoms with E-state index in [1.165, 1.54) is 4.31 Å². The highest BCUT2D eigenvalue weighted by Gasteiger charge is 2.33. The van der Waals surface area contributed by atoms with Gasteiger partial charge in [0.15, 0.2) is 0 Å². The molecule has 0 aromatic heterocycles. The first kappa shape index (κ1) is 17.2. The Balaban J connectivity index is 2.23. The Morgan fingerprint density at radius 2 is 2.05 bits per heavy atom. The van der Waals surface area contributed by atoms with Gasteiger partial charge in [0, 0.05) is 25.7 Å². The van der Waals surface area contributed by atoms with Crippen molar-refractivity contribution in [3.63, 3.8) is 0 Å². The number of para-hydroxylation sites is 1. The van der Waals surface area contributed by atoms with Crippen LogP contribution in [-0.2, 0) is 10.2 Å². The predicted octanol–water partition coefficient (Wildman–Crippen LogP) is 2.66. The Hall–Kier alpha value is -1.11. The average molecular weight is 326 g/mol. The minimum Gasteiger partial charge on any atom is -0.496 e. The smallest absolute Gasteiger partial charge is 0.282 e. The molecule has 0 radical (unpaired) electrons. The van der Waals surface area contributed by atoms with Crippen molar-refractivity contribution in [3.8, 4) is 5.75 Å². The molecule has 5 nitrogen and oxygen atoms in total. The van der Waals surface area contributed by atoms with E-state index in [0.717, 1.165) is 18.4 Å². The molecule has 0 amide bonds. The molecule has 0 aliphatic carbocycles. The Morgan fingerprint density at radius 1 is 1.36 bits per heavy atom. The van der Waals surface area contributed by atoms with Crippen LogP contribution in [0.15, 0.2) is 24.3 Å². The van der Waals surface area contributed by atoms with Gasteiger partial charge in [0.25, 0.3) is 10.2 Å². The van der Waals surface area contributed by atoms with Gasteiger partial charge in [-0.3, -0.25) is 0 Å². The molecule has 1 aromatic carbocycles. The fourth-order valence-corrected chi connectivity index (χ4v) is 4.63. The Bertz CT molecular complexity index is 603. The lowest BCUT2D eigenvalue weighted by atomic mass is 10.0. The number of hydrogen-bond donors (Lipinski definition) is 0. The van der Waals surface area contributed by atoms with Gasteiger partial charge in [0.05, 0.1) is 13.2 Å². The standard InChI is InChI=1S/C16H26N2O3S/c1-13-8-7-11-18(12-13)22(19,20)17(3)14(2)15-9-5-6-10-16(15)21-4/h5-6,9-10,13-14H,7-8,11-12H2,1-4H3/t13-,14+/m0/s1. The van der Waals surface area contributed by atoms with Gasteiger partial charge >= 0.3 is 0 Å². The predicted molar refractivity (Wildman–Crippen MR) is 88.1 cm³/mol. The van der Waals surface area contributed by atoms with Crippen LogP contribution in [-0.4, -0.2) is 44.3 Å². The lowest BCUT2D eigenvalue weighted by Crippen LogP contribution is -2.46. The first-order valence-corrected chi connectivity index (χ1v) is 9.13. The lowest BCUT2D eigenvalue weighted by Gasteiger charge is -2.35. The zero-order valence-electron chi connectivity index (χ0n) is 13.8. The molecule has 1 saturated heterocycles. The number of methoxy groups -OCH3 is 1. The molecular weight excluding hydrogens is 300 g/mol. The molecule has 1 aliphatic heterocycles. The molecule has 0 saturated carbocycles. The van der Waals surface area contributed by atoms with Gasteiger partial charge in [-0.25, -0.2) is 0 Å². The summed E-state index contributed by atoms with van der Waals surface area (Å²) in [6.45, 7) is 5.20. The molecule has 1 heterocycles. The molecular formula is C16H26N2O3S. The molecule has 124 valence electrons. The van der Waals surface area contributed by atoms with Gasteiger partial charge < -0.3 is 4.74 Å². The zero-order chi connectivity index (χ0) is 16.3. The first-order valence-electron chi connectivity index (χ1n) is 7.74. The summed E-state index contributed by atoms with van der Waals surface area (Å²) in [7, 11) is -0.208. The number of ether oxygens (including phenoxy) is 1. The molecule has 1 fully saturated rings. The minimum atomic E-state index is -3.46. The third kappa shape index (κ3) is 3.45. The highest BCUT2D eigenvalue weighted by molar-refractivity contribution is 7.86. The Labute approximate surface area is 134 Å². The largest absolute Gasteiger partial charge is 0.496 e. The van der Waals surface area contributed by atoms with Crippen LogP contribution in [0.2, 0.25) is 0 Å². The molecule has 22 heavy (non-hydrogen) atoms. The van der Waals surface area contributed by atoms with Gasteiger partial charge in [0.1, 0.15) is 5.75 Å². The van der Waals surface area contributed by atoms with Crippen LogP contribution < -0.4 is 4.74 Å². The van der Waals surface area contributed by atoms with E-state index >= 15 is 0 Å². The van der Waals surface area contributed by atoms with Gasteiger partial charge in [0.2, 0.25) is 0 Å². The number of benzene rings is 1. The summed E-state index contributed by atoms with van der Waals surface area (Å²) in [4.78, 5) is 0. The summed E-state index contributed by atoms with van der Waals surface area (Å²) in [5.74, 6) is 1.13. The quantitative estimate of drug-likeness (QED) is 0.836. The molecule has 2 atom stereocenters. The molecule has 2 rings (SSSR count). The average Bonchev–Trinajstić information content (AvgIpc) is 2.53. The van der Waals surface area contributed by atoms with E-state index in [4.69, 9.17) is 4.74 Å². The van der Waals surface area contributed by atoms with Crippen LogP contribution in [0.5, 0.6) is 5.75 Å². The van der Waals surface area contributed by atoms with E-state index in [0.29, 0.717) is 24.8 Å². The number of rotatable bonds is 5. The van der Waals surface area contributed by atoms with Crippen molar-refractivity contribution in [2.75, 3.05) is 27.2 Å². The number of piperidine rings is 1. The second-order valence-corrected chi connectivity index (χ2v) is 8.04. The topological polar surface area (TPSA) is 49.9 Å². The maximum absolute atomic E-state index is 12.9. The van der Waals surface area contributed by atoms with Crippen molar-refractivity contribution >= 4 is 10.2 Å². The van der Waals surface area contributed by atoms with Crippen molar-refractivity contribution in [2.24, 2.45) is 5.92 Å². The fourth-order valence-electron chi connectivity index (χ4n) is 2.95. The van der Waals surface area contributed by atoms with Crippen LogP contribution in [0, 0.1) is 5.92 Å². The summed E-state index contributed by atoms with van der Waals surface area (Å²) in [5.41, 5.74) is 0.876. The minimum absolute atomic E-state index is 0.279. The van der Waals surface area contributed by atoms with E-state index in [1.54, 1.807) is 18.5 Å². The molecule has 6 heteroatoms. The van der Waals surface area contributed by atoms with Crippen LogP contribution in [0.4, 0.5) is 0 Å². The molecule has 1 aromatic rings. The van der Waals surface area contributed by atoms with Crippen molar-refractivity contribution in [3.05, 3.63) is 29.8 Å². The van der Waals surface area contributed by atoms with Crippen molar-refractivity contribution in [2.45, 2.75) is 32.7 Å². The molecule has 0 unspecified atom stereocenters. The Kier molecular flexibility index (Phi) is 5.47. The SMILES string of the molecule is COc1ccccc1[C@@H](C)N(C)S(=O)(=O)N1CCC[C@H](C)C1. The van der Waals surface area contributed by atoms with Crippen molar-refractivity contribution in [1.29, 1.82) is 0 Å². The summed E-state index contributed by atoms with van der Waals surface area (Å²) in [6, 6.07) is 7.27. The van der Waals surface area contributed by atoms with Crippen molar-refractivity contribution < 1.29 is 13.2 Å². The second kappa shape index (κ2) is 6.98. The normalized spacial score (nSPS) is 21.8. The van der Waals surface area contributed by atoms with Crippen LogP contribution in [0.3, 0.4) is 0 Å². The maximum Gasteiger partial charge on any atom is 0.282 e. The lowest BCUT2D eigenvalue weighted by molar-refractivity contribution is 0.254. The maximum atomic E-state index is 12.9. The van der Waals surface area contributed by atoms with E-state index in [9.17, 15) is 8.42 Å². The van der Waals surface area contributed by atoms with Gasteiger partial charge in [-0.05, 0) is 31.7 Å². The van der Waals surface area contributed by atoms with Gasteiger partial charge in [-0.2, -0.15) is 17.0 Å². The molecule has 1 aliphatic rings.